The summed E-state index contributed by atoms with van der Waals surface area (Å²) in [6.07, 6.45) is 2.52. The number of rotatable bonds is 9. The summed E-state index contributed by atoms with van der Waals surface area (Å²) in [7, 11) is 5.73. The number of carbonyl (C=O) groups is 2. The number of methoxy groups -OCH3 is 1. The normalized spacial score (nSPS) is 11.3. The van der Waals surface area contributed by atoms with Crippen molar-refractivity contribution in [2.75, 3.05) is 34.3 Å². The SMILES string of the molecule is COc1ccc(/C=C(/NC(=O)c2ccc(C)cc2)C(=O)NCCC[NH+](C)C)cc1. The van der Waals surface area contributed by atoms with Crippen molar-refractivity contribution < 1.29 is 19.2 Å². The lowest BCUT2D eigenvalue weighted by atomic mass is 10.1. The monoisotopic (exact) mass is 396 g/mol. The second-order valence-corrected chi connectivity index (χ2v) is 7.22. The van der Waals surface area contributed by atoms with Crippen LogP contribution < -0.4 is 20.3 Å². The van der Waals surface area contributed by atoms with E-state index < -0.39 is 0 Å². The Kier molecular flexibility index (Phi) is 8.43. The first-order chi connectivity index (χ1) is 13.9. The fraction of sp³-hybridized carbons (Fsp3) is 0.304. The van der Waals surface area contributed by atoms with Crippen LogP contribution in [0.4, 0.5) is 0 Å². The van der Waals surface area contributed by atoms with Crippen LogP contribution >= 0.6 is 0 Å². The quantitative estimate of drug-likeness (QED) is 0.444. The van der Waals surface area contributed by atoms with E-state index >= 15 is 0 Å². The highest BCUT2D eigenvalue weighted by Gasteiger charge is 2.14. The zero-order chi connectivity index (χ0) is 21.2. The van der Waals surface area contributed by atoms with Gasteiger partial charge in [-0.1, -0.05) is 29.8 Å². The average molecular weight is 397 g/mol. The van der Waals surface area contributed by atoms with Gasteiger partial charge in [0.05, 0.1) is 27.7 Å². The van der Waals surface area contributed by atoms with Crippen LogP contribution in [0.3, 0.4) is 0 Å². The minimum Gasteiger partial charge on any atom is -0.497 e. The molecule has 154 valence electrons. The standard InChI is InChI=1S/C23H29N3O3/c1-17-6-10-19(11-7-17)22(27)25-21(23(28)24-14-5-15-26(2)3)16-18-8-12-20(29-4)13-9-18/h6-13,16H,5,14-15H2,1-4H3,(H,24,28)(H,25,27)/p+1/b21-16+. The van der Waals surface area contributed by atoms with E-state index in [4.69, 9.17) is 4.74 Å². The molecule has 2 amide bonds. The molecule has 29 heavy (non-hydrogen) atoms. The van der Waals surface area contributed by atoms with E-state index in [1.165, 1.54) is 4.90 Å². The van der Waals surface area contributed by atoms with Crippen LogP contribution in [-0.4, -0.2) is 46.1 Å². The average Bonchev–Trinajstić information content (AvgIpc) is 2.71. The molecule has 0 heterocycles. The Hall–Kier alpha value is -3.12. The summed E-state index contributed by atoms with van der Waals surface area (Å²) in [6.45, 7) is 3.46. The fourth-order valence-electron chi connectivity index (χ4n) is 2.66. The van der Waals surface area contributed by atoms with Crippen molar-refractivity contribution in [3.63, 3.8) is 0 Å². The highest BCUT2D eigenvalue weighted by atomic mass is 16.5. The highest BCUT2D eigenvalue weighted by Crippen LogP contribution is 2.14. The number of benzene rings is 2. The maximum Gasteiger partial charge on any atom is 0.267 e. The largest absolute Gasteiger partial charge is 0.497 e. The van der Waals surface area contributed by atoms with Gasteiger partial charge >= 0.3 is 0 Å². The van der Waals surface area contributed by atoms with Crippen LogP contribution in [0.2, 0.25) is 0 Å². The second-order valence-electron chi connectivity index (χ2n) is 7.22. The molecule has 0 spiro atoms. The third-order valence-electron chi connectivity index (χ3n) is 4.37. The van der Waals surface area contributed by atoms with E-state index in [9.17, 15) is 9.59 Å². The Morgan fingerprint density at radius 1 is 1.03 bits per heavy atom. The predicted molar refractivity (Wildman–Crippen MR) is 115 cm³/mol. The number of nitrogens with one attached hydrogen (secondary N) is 3. The van der Waals surface area contributed by atoms with Crippen molar-refractivity contribution in [1.82, 2.24) is 10.6 Å². The first kappa shape index (κ1) is 22.2. The maximum atomic E-state index is 12.7. The molecule has 0 atom stereocenters. The molecule has 0 aliphatic heterocycles. The van der Waals surface area contributed by atoms with Crippen molar-refractivity contribution in [2.24, 2.45) is 0 Å². The summed E-state index contributed by atoms with van der Waals surface area (Å²) in [6, 6.07) is 14.5. The number of carbonyl (C=O) groups excluding carboxylic acids is 2. The molecule has 0 radical (unpaired) electrons. The van der Waals surface area contributed by atoms with E-state index in [1.807, 2.05) is 43.3 Å². The number of amides is 2. The summed E-state index contributed by atoms with van der Waals surface area (Å²) in [5.41, 5.74) is 2.56. The van der Waals surface area contributed by atoms with Gasteiger partial charge in [-0.15, -0.1) is 0 Å². The molecule has 0 aromatic heterocycles. The molecular formula is C23H30N3O3+. The Labute approximate surface area is 172 Å². The van der Waals surface area contributed by atoms with Gasteiger partial charge in [0.15, 0.2) is 0 Å². The van der Waals surface area contributed by atoms with Gasteiger partial charge in [0.2, 0.25) is 0 Å². The number of quaternary nitrogens is 1. The molecule has 6 heteroatoms. The van der Waals surface area contributed by atoms with Gasteiger partial charge in [0.1, 0.15) is 11.4 Å². The minimum absolute atomic E-state index is 0.206. The van der Waals surface area contributed by atoms with Gasteiger partial charge in [0.25, 0.3) is 11.8 Å². The summed E-state index contributed by atoms with van der Waals surface area (Å²) < 4.78 is 5.17. The first-order valence-corrected chi connectivity index (χ1v) is 9.70. The number of aryl methyl sites for hydroxylation is 1. The lowest BCUT2D eigenvalue weighted by Crippen LogP contribution is -3.05. The lowest BCUT2D eigenvalue weighted by molar-refractivity contribution is -0.858. The Bertz CT molecular complexity index is 841. The molecule has 2 aromatic rings. The third-order valence-corrected chi connectivity index (χ3v) is 4.37. The van der Waals surface area contributed by atoms with Gasteiger partial charge < -0.3 is 20.3 Å². The first-order valence-electron chi connectivity index (χ1n) is 9.70. The molecule has 3 N–H and O–H groups in total. The zero-order valence-corrected chi connectivity index (χ0v) is 17.5. The minimum atomic E-state index is -0.322. The van der Waals surface area contributed by atoms with E-state index in [2.05, 4.69) is 24.7 Å². The third kappa shape index (κ3) is 7.43. The molecule has 0 aliphatic carbocycles. The van der Waals surface area contributed by atoms with E-state index in [0.29, 0.717) is 12.1 Å². The van der Waals surface area contributed by atoms with Crippen molar-refractivity contribution in [3.05, 3.63) is 70.9 Å². The fourth-order valence-corrected chi connectivity index (χ4v) is 2.66. The Morgan fingerprint density at radius 2 is 1.69 bits per heavy atom. The van der Waals surface area contributed by atoms with E-state index in [-0.39, 0.29) is 17.5 Å². The van der Waals surface area contributed by atoms with Crippen molar-refractivity contribution >= 4 is 17.9 Å². The van der Waals surface area contributed by atoms with Crippen LogP contribution in [0.25, 0.3) is 6.08 Å². The van der Waals surface area contributed by atoms with E-state index in [1.54, 1.807) is 25.3 Å². The highest BCUT2D eigenvalue weighted by molar-refractivity contribution is 6.05. The van der Waals surface area contributed by atoms with Crippen LogP contribution in [0.1, 0.15) is 27.9 Å². The molecule has 0 saturated heterocycles. The topological polar surface area (TPSA) is 71.9 Å². The second kappa shape index (κ2) is 11.0. The zero-order valence-electron chi connectivity index (χ0n) is 17.5. The van der Waals surface area contributed by atoms with Crippen molar-refractivity contribution in [3.8, 4) is 5.75 Å². The van der Waals surface area contributed by atoms with Gasteiger partial charge in [-0.3, -0.25) is 9.59 Å². The number of hydrogen-bond donors (Lipinski definition) is 3. The van der Waals surface area contributed by atoms with Crippen molar-refractivity contribution in [1.29, 1.82) is 0 Å². The molecule has 6 nitrogen and oxygen atoms in total. The molecule has 2 aromatic carbocycles. The Balaban J connectivity index is 2.16. The van der Waals surface area contributed by atoms with Gasteiger partial charge in [0, 0.05) is 18.5 Å². The summed E-state index contributed by atoms with van der Waals surface area (Å²) in [5.74, 6) is 0.0933. The summed E-state index contributed by atoms with van der Waals surface area (Å²) in [5, 5.41) is 5.64. The van der Waals surface area contributed by atoms with Crippen LogP contribution in [-0.2, 0) is 4.79 Å². The molecule has 0 unspecified atom stereocenters. The van der Waals surface area contributed by atoms with E-state index in [0.717, 1.165) is 29.8 Å². The summed E-state index contributed by atoms with van der Waals surface area (Å²) in [4.78, 5) is 26.7. The lowest BCUT2D eigenvalue weighted by Gasteiger charge is -2.12. The number of hydrogen-bond acceptors (Lipinski definition) is 3. The molecule has 2 rings (SSSR count). The van der Waals surface area contributed by atoms with Gasteiger partial charge in [-0.2, -0.15) is 0 Å². The number of ether oxygens (including phenoxy) is 1. The van der Waals surface area contributed by atoms with Crippen LogP contribution in [0, 0.1) is 6.92 Å². The Morgan fingerprint density at radius 3 is 2.28 bits per heavy atom. The maximum absolute atomic E-state index is 12.7. The molecular weight excluding hydrogens is 366 g/mol. The summed E-state index contributed by atoms with van der Waals surface area (Å²) >= 11 is 0. The molecule has 0 bridgehead atoms. The molecule has 0 aliphatic rings. The van der Waals surface area contributed by atoms with Crippen molar-refractivity contribution in [2.45, 2.75) is 13.3 Å². The predicted octanol–water partition coefficient (Wildman–Crippen LogP) is 1.43. The van der Waals surface area contributed by atoms with Gasteiger partial charge in [-0.05, 0) is 42.8 Å². The molecule has 0 saturated carbocycles. The van der Waals surface area contributed by atoms with Crippen LogP contribution in [0.15, 0.2) is 54.2 Å². The molecule has 0 fully saturated rings. The smallest absolute Gasteiger partial charge is 0.267 e. The van der Waals surface area contributed by atoms with Crippen LogP contribution in [0.5, 0.6) is 5.75 Å². The van der Waals surface area contributed by atoms with Gasteiger partial charge in [-0.25, -0.2) is 0 Å².